The van der Waals surface area contributed by atoms with E-state index in [-0.39, 0.29) is 12.2 Å². The van der Waals surface area contributed by atoms with Crippen LogP contribution in [0.5, 0.6) is 5.75 Å². The van der Waals surface area contributed by atoms with Gasteiger partial charge in [-0.15, -0.1) is 11.3 Å². The maximum Gasteiger partial charge on any atom is 0.268 e. The normalized spacial score (nSPS) is 13.9. The van der Waals surface area contributed by atoms with Gasteiger partial charge < -0.3 is 14.7 Å². The van der Waals surface area contributed by atoms with Crippen molar-refractivity contribution in [3.8, 4) is 11.4 Å². The Labute approximate surface area is 174 Å². The highest BCUT2D eigenvalue weighted by Gasteiger charge is 2.23. The third-order valence-electron chi connectivity index (χ3n) is 5.59. The van der Waals surface area contributed by atoms with Crippen LogP contribution in [0, 0.1) is 0 Å². The Hall–Kier alpha value is -2.38. The predicted octanol–water partition coefficient (Wildman–Crippen LogP) is 3.54. The van der Waals surface area contributed by atoms with Gasteiger partial charge in [0.15, 0.2) is 0 Å². The van der Waals surface area contributed by atoms with Gasteiger partial charge in [-0.25, -0.2) is 9.55 Å². The molecule has 0 spiro atoms. The van der Waals surface area contributed by atoms with Gasteiger partial charge in [0.05, 0.1) is 24.8 Å². The van der Waals surface area contributed by atoms with Crippen LogP contribution < -0.4 is 15.2 Å². The number of aryl methyl sites for hydroxylation is 2. The number of nitrogens with zero attached hydrogens (tertiary/aromatic N) is 3. The van der Waals surface area contributed by atoms with Crippen molar-refractivity contribution in [3.63, 3.8) is 0 Å². The number of anilines is 1. The molecule has 2 heterocycles. The minimum absolute atomic E-state index is 0.00526. The molecule has 0 fully saturated rings. The Morgan fingerprint density at radius 1 is 1.21 bits per heavy atom. The summed E-state index contributed by atoms with van der Waals surface area (Å²) in [6.45, 7) is 3.09. The largest absolute Gasteiger partial charge is 0.497 e. The van der Waals surface area contributed by atoms with Crippen molar-refractivity contribution in [2.45, 2.75) is 39.0 Å². The average Bonchev–Trinajstić information content (AvgIpc) is 2.93. The van der Waals surface area contributed by atoms with Crippen LogP contribution in [0.3, 0.4) is 0 Å². The zero-order chi connectivity index (χ0) is 20.4. The number of hydrogen-bond donors (Lipinski definition) is 1. The maximum atomic E-state index is 13.8. The minimum atomic E-state index is -0.0223. The lowest BCUT2D eigenvalue weighted by Crippen LogP contribution is -2.34. The molecule has 2 aromatic heterocycles. The van der Waals surface area contributed by atoms with Crippen LogP contribution in [0.15, 0.2) is 29.1 Å². The molecular formula is C22H27N3O3S. The first-order valence-corrected chi connectivity index (χ1v) is 11.1. The molecule has 0 amide bonds. The minimum Gasteiger partial charge on any atom is -0.497 e. The van der Waals surface area contributed by atoms with Crippen molar-refractivity contribution < 1.29 is 9.84 Å². The fourth-order valence-electron chi connectivity index (χ4n) is 4.07. The van der Waals surface area contributed by atoms with E-state index in [4.69, 9.17) is 9.72 Å². The summed E-state index contributed by atoms with van der Waals surface area (Å²) in [6, 6.07) is 7.47. The molecule has 1 aliphatic rings. The van der Waals surface area contributed by atoms with Gasteiger partial charge in [-0.05, 0) is 62.4 Å². The smallest absolute Gasteiger partial charge is 0.268 e. The number of aliphatic hydroxyl groups excluding tert-OH is 1. The number of aliphatic hydroxyl groups is 1. The van der Waals surface area contributed by atoms with Crippen LogP contribution in [-0.4, -0.2) is 41.5 Å². The molecule has 0 bridgehead atoms. The Morgan fingerprint density at radius 2 is 1.97 bits per heavy atom. The van der Waals surface area contributed by atoms with Crippen molar-refractivity contribution in [1.29, 1.82) is 0 Å². The van der Waals surface area contributed by atoms with Gasteiger partial charge in [-0.2, -0.15) is 0 Å². The summed E-state index contributed by atoms with van der Waals surface area (Å²) >= 11 is 1.66. The summed E-state index contributed by atoms with van der Waals surface area (Å²) in [4.78, 5) is 22.8. The van der Waals surface area contributed by atoms with Crippen molar-refractivity contribution in [3.05, 3.63) is 45.1 Å². The Morgan fingerprint density at radius 3 is 2.66 bits per heavy atom. The number of thiophene rings is 1. The van der Waals surface area contributed by atoms with Crippen LogP contribution in [0.25, 0.3) is 15.9 Å². The lowest BCUT2D eigenvalue weighted by molar-refractivity contribution is 0.301. The lowest BCUT2D eigenvalue weighted by atomic mass is 10.1. The number of aromatic nitrogens is 2. The number of benzene rings is 1. The fraction of sp³-hybridized carbons (Fsp3) is 0.455. The standard InChI is InChI=1S/C22H27N3O3S/c1-3-24(13-14-26)22-23-20-19(17-7-5-4-6-8-18(17)29-20)21(27)25(22)15-9-11-16(28-2)12-10-15/h9-12,26H,3-8,13-14H2,1-2H3. The second kappa shape index (κ2) is 8.55. The van der Waals surface area contributed by atoms with E-state index in [9.17, 15) is 9.90 Å². The second-order valence-corrected chi connectivity index (χ2v) is 8.38. The summed E-state index contributed by atoms with van der Waals surface area (Å²) < 4.78 is 6.97. The number of likely N-dealkylation sites (N-methyl/N-ethyl adjacent to an activating group) is 1. The number of methoxy groups -OCH3 is 1. The van der Waals surface area contributed by atoms with Crippen molar-refractivity contribution in [2.24, 2.45) is 0 Å². The topological polar surface area (TPSA) is 67.6 Å². The van der Waals surface area contributed by atoms with E-state index in [0.717, 1.165) is 40.9 Å². The summed E-state index contributed by atoms with van der Waals surface area (Å²) in [7, 11) is 1.63. The number of ether oxygens (including phenoxy) is 1. The number of hydrogen-bond acceptors (Lipinski definition) is 6. The molecule has 3 aromatic rings. The van der Waals surface area contributed by atoms with Gasteiger partial charge >= 0.3 is 0 Å². The van der Waals surface area contributed by atoms with Crippen LogP contribution in [0.2, 0.25) is 0 Å². The van der Waals surface area contributed by atoms with Gasteiger partial charge in [0.25, 0.3) is 5.56 Å². The quantitative estimate of drug-likeness (QED) is 0.626. The summed E-state index contributed by atoms with van der Waals surface area (Å²) in [6.07, 6.45) is 5.48. The van der Waals surface area contributed by atoms with E-state index in [0.29, 0.717) is 19.0 Å². The van der Waals surface area contributed by atoms with E-state index >= 15 is 0 Å². The van der Waals surface area contributed by atoms with Crippen molar-refractivity contribution in [2.75, 3.05) is 31.7 Å². The third-order valence-corrected chi connectivity index (χ3v) is 6.77. The van der Waals surface area contributed by atoms with E-state index < -0.39 is 0 Å². The Kier molecular flexibility index (Phi) is 5.87. The van der Waals surface area contributed by atoms with Crippen molar-refractivity contribution >= 4 is 27.5 Å². The van der Waals surface area contributed by atoms with Crippen molar-refractivity contribution in [1.82, 2.24) is 9.55 Å². The predicted molar refractivity (Wildman–Crippen MR) is 118 cm³/mol. The fourth-order valence-corrected chi connectivity index (χ4v) is 5.31. The first kappa shape index (κ1) is 19.9. The molecule has 1 aliphatic carbocycles. The zero-order valence-corrected chi connectivity index (χ0v) is 17.8. The molecule has 154 valence electrons. The Balaban J connectivity index is 1.99. The molecule has 29 heavy (non-hydrogen) atoms. The number of fused-ring (bicyclic) bond motifs is 3. The van der Waals surface area contributed by atoms with Gasteiger partial charge in [-0.1, -0.05) is 6.42 Å². The molecule has 0 saturated carbocycles. The molecule has 0 aliphatic heterocycles. The van der Waals surface area contributed by atoms with E-state index in [1.165, 1.54) is 23.3 Å². The van der Waals surface area contributed by atoms with E-state index in [2.05, 4.69) is 0 Å². The molecule has 1 aromatic carbocycles. The molecule has 0 saturated heterocycles. The summed E-state index contributed by atoms with van der Waals surface area (Å²) in [5, 5.41) is 10.3. The van der Waals surface area contributed by atoms with Crippen LogP contribution in [-0.2, 0) is 12.8 Å². The monoisotopic (exact) mass is 413 g/mol. The summed E-state index contributed by atoms with van der Waals surface area (Å²) in [5.41, 5.74) is 1.93. The highest BCUT2D eigenvalue weighted by molar-refractivity contribution is 7.18. The molecule has 4 rings (SSSR count). The molecule has 0 radical (unpaired) electrons. The first-order chi connectivity index (χ1) is 14.2. The molecule has 6 nitrogen and oxygen atoms in total. The molecular weight excluding hydrogens is 386 g/mol. The maximum absolute atomic E-state index is 13.8. The van der Waals surface area contributed by atoms with Crippen LogP contribution in [0.4, 0.5) is 5.95 Å². The van der Waals surface area contributed by atoms with Gasteiger partial charge in [0.2, 0.25) is 5.95 Å². The molecule has 1 N–H and O–H groups in total. The highest BCUT2D eigenvalue weighted by atomic mass is 32.1. The zero-order valence-electron chi connectivity index (χ0n) is 17.0. The van der Waals surface area contributed by atoms with E-state index in [1.54, 1.807) is 23.0 Å². The highest BCUT2D eigenvalue weighted by Crippen LogP contribution is 2.34. The first-order valence-electron chi connectivity index (χ1n) is 10.3. The van der Waals surface area contributed by atoms with Crippen LogP contribution >= 0.6 is 11.3 Å². The van der Waals surface area contributed by atoms with E-state index in [1.807, 2.05) is 36.1 Å². The summed E-state index contributed by atoms with van der Waals surface area (Å²) in [5.74, 6) is 1.32. The van der Waals surface area contributed by atoms with Gasteiger partial charge in [0, 0.05) is 18.0 Å². The molecule has 0 unspecified atom stereocenters. The van der Waals surface area contributed by atoms with Gasteiger partial charge in [-0.3, -0.25) is 4.79 Å². The van der Waals surface area contributed by atoms with Gasteiger partial charge in [0.1, 0.15) is 10.6 Å². The average molecular weight is 414 g/mol. The Bertz CT molecular complexity index is 1060. The van der Waals surface area contributed by atoms with Crippen LogP contribution in [0.1, 0.15) is 36.6 Å². The molecule has 7 heteroatoms. The second-order valence-electron chi connectivity index (χ2n) is 7.30. The molecule has 0 atom stereocenters. The third kappa shape index (κ3) is 3.65. The number of rotatable bonds is 6. The SMILES string of the molecule is CCN(CCO)c1nc2sc3c(c2c(=O)n1-c1ccc(OC)cc1)CCCCC3. The lowest BCUT2D eigenvalue weighted by Gasteiger charge is -2.24.